The van der Waals surface area contributed by atoms with Gasteiger partial charge in [0.05, 0.1) is 25.2 Å². The van der Waals surface area contributed by atoms with Crippen LogP contribution >= 0.6 is 0 Å². The molecule has 2 aliphatic carbocycles. The van der Waals surface area contributed by atoms with Crippen molar-refractivity contribution in [1.82, 2.24) is 0 Å². The third-order valence-electron chi connectivity index (χ3n) is 5.88. The summed E-state index contributed by atoms with van der Waals surface area (Å²) in [6, 6.07) is 0. The molecule has 2 saturated carbocycles. The van der Waals surface area contributed by atoms with Crippen LogP contribution in [0, 0.1) is 23.2 Å². The van der Waals surface area contributed by atoms with E-state index in [0.29, 0.717) is 25.6 Å². The highest BCUT2D eigenvalue weighted by Gasteiger charge is 2.53. The summed E-state index contributed by atoms with van der Waals surface area (Å²) in [6.45, 7) is 8.53. The lowest BCUT2D eigenvalue weighted by atomic mass is 9.51. The average Bonchev–Trinajstić information content (AvgIpc) is 2.57. The van der Waals surface area contributed by atoms with Gasteiger partial charge in [-0.3, -0.25) is 9.59 Å². The normalized spacial score (nSPS) is 36.8. The van der Waals surface area contributed by atoms with Crippen LogP contribution in [0.5, 0.6) is 0 Å². The summed E-state index contributed by atoms with van der Waals surface area (Å²) in [4.78, 5) is 24.1. The molecule has 0 unspecified atom stereocenters. The number of Topliss-reactive ketones (excluding diaryl/α,β-unsaturated/α-hetero) is 1. The van der Waals surface area contributed by atoms with Gasteiger partial charge in [0.15, 0.2) is 0 Å². The highest BCUT2D eigenvalue weighted by Crippen LogP contribution is 2.57. The summed E-state index contributed by atoms with van der Waals surface area (Å²) < 4.78 is 16.1. The molecule has 0 heterocycles. The first-order chi connectivity index (χ1) is 11.3. The van der Waals surface area contributed by atoms with Gasteiger partial charge in [-0.2, -0.15) is 0 Å². The smallest absolute Gasteiger partial charge is 0.302 e. The number of carbonyl (C=O) groups excluding carboxylic acids is 2. The molecule has 24 heavy (non-hydrogen) atoms. The number of methoxy groups -OCH3 is 2. The SMILES string of the molecule is C=C1CC[C@H](OC)[C@H](COC)C(=O)C[C@@H]2[C@H]1C[C@]2(C)COC(C)=O. The second-order valence-corrected chi connectivity index (χ2v) is 7.55. The number of ketones is 1. The lowest BCUT2D eigenvalue weighted by molar-refractivity contribution is -0.154. The maximum atomic E-state index is 12.9. The fraction of sp³-hybridized carbons (Fsp3) is 0.789. The number of rotatable bonds is 5. The maximum Gasteiger partial charge on any atom is 0.302 e. The Bertz CT molecular complexity index is 500. The number of esters is 1. The van der Waals surface area contributed by atoms with Gasteiger partial charge in [-0.1, -0.05) is 19.1 Å². The first-order valence-electron chi connectivity index (χ1n) is 8.68. The van der Waals surface area contributed by atoms with Crippen LogP contribution in [0.2, 0.25) is 0 Å². The van der Waals surface area contributed by atoms with Crippen molar-refractivity contribution < 1.29 is 23.8 Å². The third kappa shape index (κ3) is 3.89. The van der Waals surface area contributed by atoms with E-state index in [1.165, 1.54) is 12.5 Å². The van der Waals surface area contributed by atoms with Crippen molar-refractivity contribution in [3.05, 3.63) is 12.2 Å². The van der Waals surface area contributed by atoms with E-state index in [9.17, 15) is 9.59 Å². The molecule has 0 aromatic carbocycles. The lowest BCUT2D eigenvalue weighted by Crippen LogP contribution is -2.51. The van der Waals surface area contributed by atoms with E-state index in [0.717, 1.165) is 19.3 Å². The molecule has 0 bridgehead atoms. The maximum absolute atomic E-state index is 12.9. The molecule has 0 aliphatic heterocycles. The zero-order valence-electron chi connectivity index (χ0n) is 15.3. The van der Waals surface area contributed by atoms with Crippen molar-refractivity contribution >= 4 is 11.8 Å². The van der Waals surface area contributed by atoms with Gasteiger partial charge in [-0.15, -0.1) is 0 Å². The van der Waals surface area contributed by atoms with Gasteiger partial charge in [-0.25, -0.2) is 0 Å². The summed E-state index contributed by atoms with van der Waals surface area (Å²) >= 11 is 0. The predicted octanol–water partition coefficient (Wildman–Crippen LogP) is 2.78. The van der Waals surface area contributed by atoms with Crippen LogP contribution in [-0.2, 0) is 23.8 Å². The first-order valence-corrected chi connectivity index (χ1v) is 8.68. The van der Waals surface area contributed by atoms with E-state index < -0.39 is 0 Å². The molecule has 0 aromatic rings. The largest absolute Gasteiger partial charge is 0.465 e. The molecule has 5 nitrogen and oxygen atoms in total. The van der Waals surface area contributed by atoms with Crippen LogP contribution < -0.4 is 0 Å². The Kier molecular flexibility index (Phi) is 6.21. The molecular weight excluding hydrogens is 308 g/mol. The number of allylic oxidation sites excluding steroid dienone is 1. The summed E-state index contributed by atoms with van der Waals surface area (Å²) in [5, 5.41) is 0. The van der Waals surface area contributed by atoms with Crippen molar-refractivity contribution in [1.29, 1.82) is 0 Å². The Hall–Kier alpha value is -1.20. The van der Waals surface area contributed by atoms with Crippen LogP contribution in [0.3, 0.4) is 0 Å². The van der Waals surface area contributed by atoms with Gasteiger partial charge in [0, 0.05) is 33.0 Å². The van der Waals surface area contributed by atoms with Gasteiger partial charge in [-0.05, 0) is 31.1 Å². The molecule has 0 aromatic heterocycles. The van der Waals surface area contributed by atoms with Crippen molar-refractivity contribution in [3.8, 4) is 0 Å². The predicted molar refractivity (Wildman–Crippen MR) is 90.5 cm³/mol. The molecule has 0 spiro atoms. The summed E-state index contributed by atoms with van der Waals surface area (Å²) in [6.07, 6.45) is 2.90. The molecule has 0 N–H and O–H groups in total. The number of carbonyl (C=O) groups is 2. The monoisotopic (exact) mass is 338 g/mol. The number of fused-ring (bicyclic) bond motifs is 1. The van der Waals surface area contributed by atoms with Crippen molar-refractivity contribution in [2.75, 3.05) is 27.4 Å². The Morgan fingerprint density at radius 3 is 2.67 bits per heavy atom. The van der Waals surface area contributed by atoms with Crippen LogP contribution in [0.1, 0.15) is 39.5 Å². The fourth-order valence-corrected chi connectivity index (χ4v) is 4.32. The summed E-state index contributed by atoms with van der Waals surface area (Å²) in [5.74, 6) is 0.164. The summed E-state index contributed by atoms with van der Waals surface area (Å²) in [5.41, 5.74) is 1.03. The Morgan fingerprint density at radius 2 is 2.08 bits per heavy atom. The van der Waals surface area contributed by atoms with E-state index in [4.69, 9.17) is 14.2 Å². The Balaban J connectivity index is 2.19. The Morgan fingerprint density at radius 1 is 1.38 bits per heavy atom. The van der Waals surface area contributed by atoms with Crippen molar-refractivity contribution in [2.45, 2.75) is 45.6 Å². The van der Waals surface area contributed by atoms with Gasteiger partial charge < -0.3 is 14.2 Å². The topological polar surface area (TPSA) is 61.8 Å². The third-order valence-corrected chi connectivity index (χ3v) is 5.88. The molecule has 0 saturated heterocycles. The first kappa shape index (κ1) is 19.1. The van der Waals surface area contributed by atoms with Gasteiger partial charge in [0.25, 0.3) is 0 Å². The molecule has 5 heteroatoms. The van der Waals surface area contributed by atoms with E-state index in [-0.39, 0.29) is 35.1 Å². The average molecular weight is 338 g/mol. The molecule has 2 aliphatic rings. The highest BCUT2D eigenvalue weighted by molar-refractivity contribution is 5.82. The summed E-state index contributed by atoms with van der Waals surface area (Å²) in [7, 11) is 3.27. The van der Waals surface area contributed by atoms with Crippen molar-refractivity contribution in [2.24, 2.45) is 23.2 Å². The number of hydrogen-bond acceptors (Lipinski definition) is 5. The second kappa shape index (κ2) is 7.79. The van der Waals surface area contributed by atoms with Crippen LogP contribution in [0.4, 0.5) is 0 Å². The van der Waals surface area contributed by atoms with Gasteiger partial charge in [0.1, 0.15) is 5.78 Å². The van der Waals surface area contributed by atoms with Gasteiger partial charge in [0.2, 0.25) is 0 Å². The molecule has 2 fully saturated rings. The highest BCUT2D eigenvalue weighted by atomic mass is 16.5. The van der Waals surface area contributed by atoms with Crippen LogP contribution in [0.15, 0.2) is 12.2 Å². The number of hydrogen-bond donors (Lipinski definition) is 0. The quantitative estimate of drug-likeness (QED) is 0.570. The van der Waals surface area contributed by atoms with Crippen LogP contribution in [0.25, 0.3) is 0 Å². The van der Waals surface area contributed by atoms with E-state index in [2.05, 4.69) is 13.5 Å². The lowest BCUT2D eigenvalue weighted by Gasteiger charge is -2.53. The zero-order valence-corrected chi connectivity index (χ0v) is 15.3. The standard InChI is InChI=1S/C19H30O5/c1-12-6-7-18(23-5)15(10-22-4)17(21)8-16-14(12)9-19(16,3)11-24-13(2)20/h14-16,18H,1,6-11H2,2-5H3/t14-,15+,16+,18-,19+/m0/s1. The minimum atomic E-state index is -0.274. The minimum absolute atomic E-state index is 0.133. The zero-order chi connectivity index (χ0) is 17.9. The molecule has 0 amide bonds. The van der Waals surface area contributed by atoms with E-state index in [1.54, 1.807) is 14.2 Å². The molecule has 0 radical (unpaired) electrons. The Labute approximate surface area is 144 Å². The molecule has 136 valence electrons. The van der Waals surface area contributed by atoms with Crippen LogP contribution in [-0.4, -0.2) is 45.3 Å². The second-order valence-electron chi connectivity index (χ2n) is 7.55. The molecule has 2 rings (SSSR count). The minimum Gasteiger partial charge on any atom is -0.465 e. The van der Waals surface area contributed by atoms with E-state index >= 15 is 0 Å². The van der Waals surface area contributed by atoms with E-state index in [1.807, 2.05) is 0 Å². The number of ether oxygens (including phenoxy) is 3. The van der Waals surface area contributed by atoms with Crippen molar-refractivity contribution in [3.63, 3.8) is 0 Å². The fourth-order valence-electron chi connectivity index (χ4n) is 4.32. The molecular formula is C19H30O5. The van der Waals surface area contributed by atoms with Gasteiger partial charge >= 0.3 is 5.97 Å². The molecule has 5 atom stereocenters.